The maximum Gasteiger partial charge on any atom is 0.330 e. The molecular weight excluding hydrogens is 428 g/mol. The summed E-state index contributed by atoms with van der Waals surface area (Å²) in [6.07, 6.45) is 1.66. The van der Waals surface area contributed by atoms with Gasteiger partial charge in [0.15, 0.2) is 5.13 Å². The molecule has 0 spiro atoms. The zero-order valence-corrected chi connectivity index (χ0v) is 17.8. The van der Waals surface area contributed by atoms with Gasteiger partial charge in [0.05, 0.1) is 5.69 Å². The standard InChI is InChI=1S/C21H19F2N3O2S2/c1-13-19(30-28)29-20(24-13)26-11-3-2-10-25(21(26)27)16-7-4-14(5-8-16)17-12-15(22)6-9-18(17)23/h4-9,12,28H,2-3,10-11H2,1H3. The van der Waals surface area contributed by atoms with E-state index in [0.717, 1.165) is 31.0 Å². The third-order valence-electron chi connectivity index (χ3n) is 4.95. The van der Waals surface area contributed by atoms with Gasteiger partial charge in [0.25, 0.3) is 0 Å². The van der Waals surface area contributed by atoms with Crippen LogP contribution in [0.15, 0.2) is 46.7 Å². The SMILES string of the molecule is Cc1nc(N2CCCCN(c3ccc(-c4cc(F)ccc4F)cc3)C2=O)sc1SO. The number of anilines is 2. The number of rotatable bonds is 4. The third-order valence-corrected chi connectivity index (χ3v) is 6.86. The van der Waals surface area contributed by atoms with Crippen molar-refractivity contribution < 1.29 is 18.1 Å². The number of halogens is 2. The minimum Gasteiger partial charge on any atom is -0.325 e. The first-order valence-electron chi connectivity index (χ1n) is 9.41. The molecule has 4 rings (SSSR count). The van der Waals surface area contributed by atoms with Crippen LogP contribution in [0, 0.1) is 18.6 Å². The molecule has 1 N–H and O–H groups in total. The zero-order valence-electron chi connectivity index (χ0n) is 16.1. The van der Waals surface area contributed by atoms with Gasteiger partial charge in [0.1, 0.15) is 15.8 Å². The Bertz CT molecular complexity index is 1070. The lowest BCUT2D eigenvalue weighted by Crippen LogP contribution is -2.42. The van der Waals surface area contributed by atoms with Gasteiger partial charge in [-0.1, -0.05) is 23.5 Å². The number of hydrogen-bond donors (Lipinski definition) is 1. The van der Waals surface area contributed by atoms with Crippen LogP contribution in [0.4, 0.5) is 24.4 Å². The van der Waals surface area contributed by atoms with Gasteiger partial charge in [0.2, 0.25) is 0 Å². The van der Waals surface area contributed by atoms with Crippen LogP contribution < -0.4 is 9.80 Å². The van der Waals surface area contributed by atoms with Crippen molar-refractivity contribution in [3.63, 3.8) is 0 Å². The van der Waals surface area contributed by atoms with Gasteiger partial charge in [-0.2, -0.15) is 0 Å². The number of hydrogen-bond acceptors (Lipinski definition) is 5. The highest BCUT2D eigenvalue weighted by atomic mass is 32.2. The number of aromatic nitrogens is 1. The highest BCUT2D eigenvalue weighted by Crippen LogP contribution is 2.34. The van der Waals surface area contributed by atoms with Crippen molar-refractivity contribution >= 4 is 40.2 Å². The molecule has 2 amide bonds. The van der Waals surface area contributed by atoms with E-state index in [0.29, 0.717) is 51.4 Å². The lowest BCUT2D eigenvalue weighted by atomic mass is 10.0. The van der Waals surface area contributed by atoms with Crippen molar-refractivity contribution in [3.8, 4) is 11.1 Å². The third kappa shape index (κ3) is 4.05. The summed E-state index contributed by atoms with van der Waals surface area (Å²) in [6.45, 7) is 2.89. The summed E-state index contributed by atoms with van der Waals surface area (Å²) in [5.41, 5.74) is 2.08. The second kappa shape index (κ2) is 8.71. The molecule has 5 nitrogen and oxygen atoms in total. The Morgan fingerprint density at radius 3 is 2.43 bits per heavy atom. The first kappa shape index (κ1) is 20.8. The molecule has 0 aliphatic carbocycles. The van der Waals surface area contributed by atoms with Crippen LogP contribution >= 0.6 is 23.4 Å². The number of benzene rings is 2. The van der Waals surface area contributed by atoms with Crippen LogP contribution in [-0.4, -0.2) is 28.7 Å². The predicted octanol–water partition coefficient (Wildman–Crippen LogP) is 6.19. The summed E-state index contributed by atoms with van der Waals surface area (Å²) in [5.74, 6) is -1.01. The molecule has 0 atom stereocenters. The monoisotopic (exact) mass is 447 g/mol. The summed E-state index contributed by atoms with van der Waals surface area (Å²) in [6, 6.07) is 9.99. The van der Waals surface area contributed by atoms with E-state index in [1.54, 1.807) is 41.0 Å². The number of carbonyl (C=O) groups excluding carboxylic acids is 1. The zero-order chi connectivity index (χ0) is 21.3. The largest absolute Gasteiger partial charge is 0.330 e. The lowest BCUT2D eigenvalue weighted by molar-refractivity contribution is 0.252. The van der Waals surface area contributed by atoms with E-state index >= 15 is 0 Å². The van der Waals surface area contributed by atoms with E-state index in [1.807, 2.05) is 0 Å². The molecule has 156 valence electrons. The smallest absolute Gasteiger partial charge is 0.325 e. The maximum absolute atomic E-state index is 14.1. The Hall–Kier alpha value is -2.49. The van der Waals surface area contributed by atoms with Gasteiger partial charge in [-0.3, -0.25) is 9.80 Å². The van der Waals surface area contributed by atoms with E-state index < -0.39 is 11.6 Å². The van der Waals surface area contributed by atoms with Gasteiger partial charge in [-0.05, 0) is 55.7 Å². The van der Waals surface area contributed by atoms with Crippen LogP contribution in [0.1, 0.15) is 18.5 Å². The van der Waals surface area contributed by atoms with Crippen LogP contribution in [0.3, 0.4) is 0 Å². The first-order chi connectivity index (χ1) is 14.5. The van der Waals surface area contributed by atoms with Gasteiger partial charge < -0.3 is 4.55 Å². The molecule has 1 aliphatic rings. The number of nitrogens with zero attached hydrogens (tertiary/aromatic N) is 3. The maximum atomic E-state index is 14.1. The average Bonchev–Trinajstić information content (AvgIpc) is 3.01. The number of urea groups is 1. The van der Waals surface area contributed by atoms with Gasteiger partial charge in [0, 0.05) is 36.4 Å². The Labute approximate surface area is 181 Å². The van der Waals surface area contributed by atoms with Crippen LogP contribution in [0.2, 0.25) is 0 Å². The molecule has 1 fully saturated rings. The van der Waals surface area contributed by atoms with Crippen LogP contribution in [0.5, 0.6) is 0 Å². The summed E-state index contributed by atoms with van der Waals surface area (Å²) in [4.78, 5) is 21.0. The summed E-state index contributed by atoms with van der Waals surface area (Å²) in [5, 5.41) is 0.555. The second-order valence-corrected chi connectivity index (χ2v) is 8.75. The van der Waals surface area contributed by atoms with E-state index in [-0.39, 0.29) is 11.6 Å². The molecular formula is C21H19F2N3O2S2. The molecule has 0 saturated carbocycles. The molecule has 0 radical (unpaired) electrons. The van der Waals surface area contributed by atoms with E-state index in [4.69, 9.17) is 0 Å². The Morgan fingerprint density at radius 1 is 1.07 bits per heavy atom. The number of thiazole rings is 1. The van der Waals surface area contributed by atoms with Gasteiger partial charge in [-0.25, -0.2) is 18.6 Å². The number of aryl methyl sites for hydroxylation is 1. The second-order valence-electron chi connectivity index (χ2n) is 6.92. The Kier molecular flexibility index (Phi) is 6.03. The Morgan fingerprint density at radius 2 is 1.77 bits per heavy atom. The normalized spacial score (nSPS) is 14.9. The molecule has 1 aromatic heterocycles. The van der Waals surface area contributed by atoms with Crippen LogP contribution in [0.25, 0.3) is 11.1 Å². The minimum absolute atomic E-state index is 0.178. The average molecular weight is 448 g/mol. The molecule has 9 heteroatoms. The fourth-order valence-electron chi connectivity index (χ4n) is 3.40. The van der Waals surface area contributed by atoms with Crippen molar-refractivity contribution in [1.29, 1.82) is 0 Å². The highest BCUT2D eigenvalue weighted by molar-refractivity contribution is 7.95. The summed E-state index contributed by atoms with van der Waals surface area (Å²) in [7, 11) is 0. The molecule has 2 aromatic carbocycles. The molecule has 3 aromatic rings. The molecule has 0 unspecified atom stereocenters. The van der Waals surface area contributed by atoms with Gasteiger partial charge in [-0.15, -0.1) is 0 Å². The molecule has 1 saturated heterocycles. The molecule has 0 bridgehead atoms. The predicted molar refractivity (Wildman–Crippen MR) is 116 cm³/mol. The first-order valence-corrected chi connectivity index (χ1v) is 11.0. The molecule has 2 heterocycles. The van der Waals surface area contributed by atoms with E-state index in [2.05, 4.69) is 4.98 Å². The van der Waals surface area contributed by atoms with Crippen molar-refractivity contribution in [2.75, 3.05) is 22.9 Å². The fourth-order valence-corrected chi connectivity index (χ4v) is 4.77. The van der Waals surface area contributed by atoms with Crippen LogP contribution in [-0.2, 0) is 0 Å². The molecule has 30 heavy (non-hydrogen) atoms. The minimum atomic E-state index is -0.507. The van der Waals surface area contributed by atoms with E-state index in [1.165, 1.54) is 11.3 Å². The fraction of sp³-hybridized carbons (Fsp3) is 0.238. The van der Waals surface area contributed by atoms with Crippen molar-refractivity contribution in [1.82, 2.24) is 4.98 Å². The highest BCUT2D eigenvalue weighted by Gasteiger charge is 2.29. The van der Waals surface area contributed by atoms with E-state index in [9.17, 15) is 18.1 Å². The topological polar surface area (TPSA) is 56.7 Å². The quantitative estimate of drug-likeness (QED) is 0.485. The summed E-state index contributed by atoms with van der Waals surface area (Å²) >= 11 is 1.91. The lowest BCUT2D eigenvalue weighted by Gasteiger charge is -2.26. The van der Waals surface area contributed by atoms with Gasteiger partial charge >= 0.3 is 6.03 Å². The number of amides is 2. The Balaban J connectivity index is 1.62. The van der Waals surface area contributed by atoms with Crippen molar-refractivity contribution in [2.45, 2.75) is 24.0 Å². The molecule has 1 aliphatic heterocycles. The number of carbonyl (C=O) groups is 1. The van der Waals surface area contributed by atoms with Crippen molar-refractivity contribution in [2.24, 2.45) is 0 Å². The van der Waals surface area contributed by atoms with Crippen molar-refractivity contribution in [3.05, 3.63) is 59.8 Å². The summed E-state index contributed by atoms with van der Waals surface area (Å²) < 4.78 is 37.6.